The standard InChI is InChI=1S/C25H43IN2O5SSi2/c1-14(2)35(15(3)4)31-19-11-10-12-25(19)21(32-36(33-35,16(5)6)17(7)8)20(26)23(34-25)28-13-18(9)22(29)27-24(28)30/h13-17,19-21,23H,10-12H2,1-9H3,(H,27,29,30)/t19-,20-,21-,23-,25-/m0/s1. The van der Waals surface area contributed by atoms with Crippen LogP contribution >= 0.6 is 34.4 Å². The normalized spacial score (nSPS) is 33.7. The van der Waals surface area contributed by atoms with Gasteiger partial charge in [-0.1, -0.05) is 78.0 Å². The molecule has 3 fully saturated rings. The van der Waals surface area contributed by atoms with Crippen molar-refractivity contribution in [2.45, 2.75) is 130 Å². The van der Waals surface area contributed by atoms with Crippen LogP contribution in [0.3, 0.4) is 0 Å². The van der Waals surface area contributed by atoms with E-state index in [1.54, 1.807) is 17.7 Å². The Balaban J connectivity index is 1.91. The molecule has 2 saturated heterocycles. The van der Waals surface area contributed by atoms with Crippen LogP contribution in [0.25, 0.3) is 0 Å². The van der Waals surface area contributed by atoms with Crippen molar-refractivity contribution in [1.82, 2.24) is 9.55 Å². The van der Waals surface area contributed by atoms with Crippen LogP contribution in [-0.2, 0) is 13.0 Å². The molecular weight excluding hydrogens is 623 g/mol. The highest BCUT2D eigenvalue weighted by atomic mass is 127. The van der Waals surface area contributed by atoms with Gasteiger partial charge in [0, 0.05) is 11.8 Å². The molecule has 1 aromatic heterocycles. The average molecular weight is 667 g/mol. The van der Waals surface area contributed by atoms with Crippen molar-refractivity contribution in [2.24, 2.45) is 0 Å². The van der Waals surface area contributed by atoms with Crippen LogP contribution in [0.2, 0.25) is 22.2 Å². The third-order valence-corrected chi connectivity index (χ3v) is 22.5. The lowest BCUT2D eigenvalue weighted by molar-refractivity contribution is 0.0129. The highest BCUT2D eigenvalue weighted by molar-refractivity contribution is 14.1. The quantitative estimate of drug-likeness (QED) is 0.231. The van der Waals surface area contributed by atoms with Gasteiger partial charge in [-0.2, -0.15) is 0 Å². The number of rotatable bonds is 5. The molecule has 1 aliphatic carbocycles. The zero-order valence-electron chi connectivity index (χ0n) is 23.1. The second-order valence-corrected chi connectivity index (χ2v) is 23.8. The predicted octanol–water partition coefficient (Wildman–Crippen LogP) is 6.14. The molecule has 0 radical (unpaired) electrons. The minimum atomic E-state index is -2.76. The maximum Gasteiger partial charge on any atom is 0.335 e. The Kier molecular flexibility index (Phi) is 8.26. The molecule has 4 rings (SSSR count). The maximum atomic E-state index is 13.0. The number of hydrogen-bond donors (Lipinski definition) is 1. The molecule has 1 saturated carbocycles. The smallest absolute Gasteiger partial charge is 0.335 e. The third kappa shape index (κ3) is 4.40. The first-order valence-electron chi connectivity index (χ1n) is 13.4. The minimum absolute atomic E-state index is 0.0251. The fourth-order valence-corrected chi connectivity index (χ4v) is 22.2. The van der Waals surface area contributed by atoms with Gasteiger partial charge >= 0.3 is 22.8 Å². The largest absolute Gasteiger partial charge is 0.414 e. The van der Waals surface area contributed by atoms with Crippen LogP contribution in [0, 0.1) is 6.92 Å². The number of H-pyrrole nitrogens is 1. The predicted molar refractivity (Wildman–Crippen MR) is 160 cm³/mol. The Bertz CT molecular complexity index is 1080. The summed E-state index contributed by atoms with van der Waals surface area (Å²) in [7, 11) is -5.44. The van der Waals surface area contributed by atoms with E-state index in [1.165, 1.54) is 0 Å². The van der Waals surface area contributed by atoms with Gasteiger partial charge in [-0.15, -0.1) is 11.8 Å². The highest BCUT2D eigenvalue weighted by Gasteiger charge is 2.69. The summed E-state index contributed by atoms with van der Waals surface area (Å²) < 4.78 is 23.9. The Morgan fingerprint density at radius 2 is 1.58 bits per heavy atom. The van der Waals surface area contributed by atoms with Crippen LogP contribution in [-0.4, -0.2) is 47.6 Å². The molecule has 0 amide bonds. The number of aryl methyl sites for hydroxylation is 1. The van der Waals surface area contributed by atoms with Gasteiger partial charge in [0.1, 0.15) is 0 Å². The molecular formula is C25H43IN2O5SSi2. The molecule has 7 nitrogen and oxygen atoms in total. The molecule has 3 heterocycles. The molecule has 0 aromatic carbocycles. The topological polar surface area (TPSA) is 82.6 Å². The van der Waals surface area contributed by atoms with Gasteiger partial charge in [-0.05, 0) is 48.4 Å². The summed E-state index contributed by atoms with van der Waals surface area (Å²) in [6, 6.07) is 0. The number of nitrogens with zero attached hydrogens (tertiary/aromatic N) is 1. The van der Waals surface area contributed by atoms with Gasteiger partial charge in [0.15, 0.2) is 0 Å². The number of halogens is 1. The minimum Gasteiger partial charge on any atom is -0.414 e. The van der Waals surface area contributed by atoms with E-state index in [-0.39, 0.29) is 48.6 Å². The first-order chi connectivity index (χ1) is 16.7. The average Bonchev–Trinajstić information content (AvgIpc) is 3.28. The molecule has 204 valence electrons. The van der Waals surface area contributed by atoms with Crippen molar-refractivity contribution in [2.75, 3.05) is 0 Å². The van der Waals surface area contributed by atoms with Crippen molar-refractivity contribution < 1.29 is 13.0 Å². The molecule has 36 heavy (non-hydrogen) atoms. The van der Waals surface area contributed by atoms with Crippen molar-refractivity contribution in [1.29, 1.82) is 0 Å². The third-order valence-electron chi connectivity index (χ3n) is 8.56. The van der Waals surface area contributed by atoms with E-state index >= 15 is 0 Å². The summed E-state index contributed by atoms with van der Waals surface area (Å²) in [4.78, 5) is 27.6. The number of aromatic amines is 1. The Labute approximate surface area is 235 Å². The fourth-order valence-electron chi connectivity index (χ4n) is 6.58. The van der Waals surface area contributed by atoms with E-state index in [2.05, 4.69) is 83.0 Å². The molecule has 1 spiro atoms. The summed E-state index contributed by atoms with van der Waals surface area (Å²) in [5.41, 5.74) is 0.964. The number of aromatic nitrogens is 2. The Hall–Kier alpha value is 0.0738. The van der Waals surface area contributed by atoms with Gasteiger partial charge < -0.3 is 13.0 Å². The summed E-state index contributed by atoms with van der Waals surface area (Å²) in [6.07, 6.45) is 4.71. The maximum absolute atomic E-state index is 13.0. The van der Waals surface area contributed by atoms with Gasteiger partial charge in [0.25, 0.3) is 5.56 Å². The lowest BCUT2D eigenvalue weighted by Crippen LogP contribution is -2.68. The SMILES string of the molecule is Cc1cn([C@H]2S[C@@]34CCC[C@@H]3O[Si](C(C)C)(C(C)C)O[Si](C(C)C)(C(C)C)O[C@H]4[C@@H]2I)c(=O)[nH]c1=O. The molecule has 1 aromatic rings. The van der Waals surface area contributed by atoms with Crippen molar-refractivity contribution >= 4 is 51.5 Å². The lowest BCUT2D eigenvalue weighted by Gasteiger charge is -2.55. The second kappa shape index (κ2) is 10.2. The van der Waals surface area contributed by atoms with E-state index in [0.717, 1.165) is 19.3 Å². The van der Waals surface area contributed by atoms with Gasteiger partial charge in [0.05, 0.1) is 26.3 Å². The molecule has 3 aliphatic rings. The van der Waals surface area contributed by atoms with E-state index in [1.807, 2.05) is 11.8 Å². The summed E-state index contributed by atoms with van der Waals surface area (Å²) in [6.45, 7) is 19.8. The molecule has 5 atom stereocenters. The first kappa shape index (κ1) is 29.1. The van der Waals surface area contributed by atoms with Crippen LogP contribution in [0.15, 0.2) is 15.8 Å². The molecule has 0 unspecified atom stereocenters. The number of nitrogens with one attached hydrogen (secondary N) is 1. The van der Waals surface area contributed by atoms with Crippen LogP contribution in [0.5, 0.6) is 0 Å². The van der Waals surface area contributed by atoms with Crippen molar-refractivity contribution in [3.8, 4) is 0 Å². The van der Waals surface area contributed by atoms with Crippen molar-refractivity contribution in [3.05, 3.63) is 32.6 Å². The van der Waals surface area contributed by atoms with E-state index in [0.29, 0.717) is 16.6 Å². The molecule has 2 aliphatic heterocycles. The van der Waals surface area contributed by atoms with Crippen LogP contribution < -0.4 is 11.2 Å². The first-order valence-corrected chi connectivity index (χ1v) is 19.5. The van der Waals surface area contributed by atoms with Gasteiger partial charge in [0.2, 0.25) is 0 Å². The zero-order chi connectivity index (χ0) is 26.8. The Morgan fingerprint density at radius 3 is 2.14 bits per heavy atom. The lowest BCUT2D eigenvalue weighted by atomic mass is 9.95. The number of thioether (sulfide) groups is 1. The monoisotopic (exact) mass is 666 g/mol. The van der Waals surface area contributed by atoms with E-state index in [4.69, 9.17) is 13.0 Å². The van der Waals surface area contributed by atoms with Crippen LogP contribution in [0.4, 0.5) is 0 Å². The Morgan fingerprint density at radius 1 is 1.03 bits per heavy atom. The number of alkyl halides is 1. The van der Waals surface area contributed by atoms with Gasteiger partial charge in [-0.25, -0.2) is 4.79 Å². The van der Waals surface area contributed by atoms with Gasteiger partial charge in [-0.3, -0.25) is 14.3 Å². The molecule has 0 bridgehead atoms. The summed E-state index contributed by atoms with van der Waals surface area (Å²) in [5.74, 6) is 0. The summed E-state index contributed by atoms with van der Waals surface area (Å²) >= 11 is 4.34. The molecule has 1 N–H and O–H groups in total. The highest BCUT2D eigenvalue weighted by Crippen LogP contribution is 2.64. The molecule has 11 heteroatoms. The summed E-state index contributed by atoms with van der Waals surface area (Å²) in [5, 5.41) is -0.152. The number of hydrogen-bond acceptors (Lipinski definition) is 6. The zero-order valence-corrected chi connectivity index (χ0v) is 28.1. The van der Waals surface area contributed by atoms with E-state index in [9.17, 15) is 9.59 Å². The van der Waals surface area contributed by atoms with Crippen molar-refractivity contribution in [3.63, 3.8) is 0 Å². The van der Waals surface area contributed by atoms with E-state index < -0.39 is 17.1 Å². The van der Waals surface area contributed by atoms with Crippen LogP contribution in [0.1, 0.15) is 85.6 Å². The fraction of sp³-hybridized carbons (Fsp3) is 0.840. The second-order valence-electron chi connectivity index (χ2n) is 12.1.